The minimum atomic E-state index is -0.153. The summed E-state index contributed by atoms with van der Waals surface area (Å²) in [6, 6.07) is 10.2. The first-order valence-corrected chi connectivity index (χ1v) is 8.56. The molecular weight excluding hydrogens is 302 g/mol. The Balaban J connectivity index is 1.43. The van der Waals surface area contributed by atoms with E-state index in [1.165, 1.54) is 0 Å². The van der Waals surface area contributed by atoms with Crippen LogP contribution in [-0.2, 0) is 29.1 Å². The Morgan fingerprint density at radius 3 is 3.00 bits per heavy atom. The van der Waals surface area contributed by atoms with E-state index in [1.54, 1.807) is 0 Å². The molecule has 0 unspecified atom stereocenters. The zero-order chi connectivity index (χ0) is 16.9. The predicted molar refractivity (Wildman–Crippen MR) is 92.5 cm³/mol. The van der Waals surface area contributed by atoms with E-state index >= 15 is 0 Å². The Morgan fingerprint density at radius 1 is 1.42 bits per heavy atom. The van der Waals surface area contributed by atoms with Crippen LogP contribution in [0, 0.1) is 12.8 Å². The summed E-state index contributed by atoms with van der Waals surface area (Å²) >= 11 is 0. The van der Waals surface area contributed by atoms with E-state index in [1.807, 2.05) is 44.2 Å². The second-order valence-electron chi connectivity index (χ2n) is 6.60. The molecule has 0 fully saturated rings. The average molecular weight is 327 g/mol. The number of carbonyl (C=O) groups excluding carboxylic acids is 1. The van der Waals surface area contributed by atoms with Gasteiger partial charge in [-0.1, -0.05) is 37.3 Å². The number of carbonyl (C=O) groups is 1. The molecule has 0 bridgehead atoms. The third kappa shape index (κ3) is 4.23. The second kappa shape index (κ2) is 7.62. The minimum Gasteiger partial charge on any atom is -0.376 e. The molecule has 5 nitrogen and oxygen atoms in total. The van der Waals surface area contributed by atoms with Crippen LogP contribution >= 0.6 is 0 Å². The van der Waals surface area contributed by atoms with E-state index in [-0.39, 0.29) is 17.9 Å². The summed E-state index contributed by atoms with van der Waals surface area (Å²) < 4.78 is 7.83. The monoisotopic (exact) mass is 327 g/mol. The normalized spacial score (nSPS) is 18.0. The summed E-state index contributed by atoms with van der Waals surface area (Å²) in [6.45, 7) is 5.70. The lowest BCUT2D eigenvalue weighted by Crippen LogP contribution is -2.43. The van der Waals surface area contributed by atoms with Gasteiger partial charge in [-0.15, -0.1) is 0 Å². The fourth-order valence-electron chi connectivity index (χ4n) is 3.05. The van der Waals surface area contributed by atoms with E-state index in [0.29, 0.717) is 13.2 Å². The third-order valence-electron chi connectivity index (χ3n) is 4.39. The molecule has 0 saturated heterocycles. The van der Waals surface area contributed by atoms with Crippen LogP contribution in [0.4, 0.5) is 0 Å². The number of hydrogen-bond donors (Lipinski definition) is 1. The maximum atomic E-state index is 12.4. The fraction of sp³-hybridized carbons (Fsp3) is 0.474. The molecule has 1 aromatic carbocycles. The van der Waals surface area contributed by atoms with Crippen molar-refractivity contribution in [2.45, 2.75) is 45.9 Å². The molecule has 1 N–H and O–H groups in total. The maximum Gasteiger partial charge on any atom is 0.225 e. The predicted octanol–water partition coefficient (Wildman–Crippen LogP) is 2.48. The number of ether oxygens (including phenoxy) is 1. The molecule has 5 heteroatoms. The van der Waals surface area contributed by atoms with Crippen molar-refractivity contribution in [3.05, 3.63) is 53.6 Å². The molecule has 0 radical (unpaired) electrons. The van der Waals surface area contributed by atoms with E-state index in [4.69, 9.17) is 4.74 Å². The van der Waals surface area contributed by atoms with Crippen molar-refractivity contribution in [2.24, 2.45) is 5.92 Å². The molecule has 2 aromatic rings. The van der Waals surface area contributed by atoms with Gasteiger partial charge < -0.3 is 14.6 Å². The van der Waals surface area contributed by atoms with Crippen LogP contribution < -0.4 is 5.32 Å². The van der Waals surface area contributed by atoms with Crippen LogP contribution in [0.15, 0.2) is 36.5 Å². The van der Waals surface area contributed by atoms with Gasteiger partial charge in [0.2, 0.25) is 5.91 Å². The standard InChI is InChI=1S/C19H25N3O2/c1-14(12-24-13-16-6-4-3-5-7-16)19(23)21-17-8-9-18-20-15(2)10-22(18)11-17/h3-7,10,14,17H,8-9,11-13H2,1-2H3,(H,21,23)/t14-,17+/m1/s1. The number of fused-ring (bicyclic) bond motifs is 1. The largest absolute Gasteiger partial charge is 0.376 e. The Labute approximate surface area is 143 Å². The highest BCUT2D eigenvalue weighted by molar-refractivity contribution is 5.78. The zero-order valence-electron chi connectivity index (χ0n) is 14.4. The number of benzene rings is 1. The maximum absolute atomic E-state index is 12.4. The van der Waals surface area contributed by atoms with Gasteiger partial charge in [0.25, 0.3) is 0 Å². The van der Waals surface area contributed by atoms with Crippen molar-refractivity contribution in [1.29, 1.82) is 0 Å². The van der Waals surface area contributed by atoms with Gasteiger partial charge in [-0.3, -0.25) is 4.79 Å². The molecule has 2 atom stereocenters. The molecule has 2 heterocycles. The van der Waals surface area contributed by atoms with Crippen LogP contribution in [0.5, 0.6) is 0 Å². The molecule has 1 aromatic heterocycles. The van der Waals surface area contributed by atoms with Crippen molar-refractivity contribution >= 4 is 5.91 Å². The number of aromatic nitrogens is 2. The molecule has 0 aliphatic carbocycles. The molecule has 24 heavy (non-hydrogen) atoms. The van der Waals surface area contributed by atoms with Gasteiger partial charge in [-0.05, 0) is 18.9 Å². The number of nitrogens with one attached hydrogen (secondary N) is 1. The number of aryl methyl sites for hydroxylation is 2. The SMILES string of the molecule is Cc1cn2c(n1)CC[C@H](NC(=O)[C@H](C)COCc1ccccc1)C2. The topological polar surface area (TPSA) is 56.2 Å². The van der Waals surface area contributed by atoms with Gasteiger partial charge in [-0.2, -0.15) is 0 Å². The van der Waals surface area contributed by atoms with Crippen molar-refractivity contribution in [3.8, 4) is 0 Å². The highest BCUT2D eigenvalue weighted by Crippen LogP contribution is 2.15. The van der Waals surface area contributed by atoms with E-state index < -0.39 is 0 Å². The van der Waals surface area contributed by atoms with Crippen molar-refractivity contribution in [2.75, 3.05) is 6.61 Å². The molecule has 0 saturated carbocycles. The van der Waals surface area contributed by atoms with Gasteiger partial charge in [0.1, 0.15) is 5.82 Å². The minimum absolute atomic E-state index is 0.0633. The lowest BCUT2D eigenvalue weighted by Gasteiger charge is -2.26. The van der Waals surface area contributed by atoms with Gasteiger partial charge >= 0.3 is 0 Å². The summed E-state index contributed by atoms with van der Waals surface area (Å²) in [6.07, 6.45) is 3.91. The Bertz CT molecular complexity index is 681. The van der Waals surface area contributed by atoms with Crippen molar-refractivity contribution in [1.82, 2.24) is 14.9 Å². The van der Waals surface area contributed by atoms with E-state index in [2.05, 4.69) is 21.1 Å². The Kier molecular flexibility index (Phi) is 5.30. The molecule has 1 aliphatic rings. The first-order chi connectivity index (χ1) is 11.6. The zero-order valence-corrected chi connectivity index (χ0v) is 14.4. The van der Waals surface area contributed by atoms with Crippen molar-refractivity contribution < 1.29 is 9.53 Å². The molecule has 128 valence electrons. The van der Waals surface area contributed by atoms with E-state index in [9.17, 15) is 4.79 Å². The number of nitrogens with zero attached hydrogens (tertiary/aromatic N) is 2. The summed E-state index contributed by atoms with van der Waals surface area (Å²) in [5.41, 5.74) is 2.17. The summed E-state index contributed by atoms with van der Waals surface area (Å²) in [7, 11) is 0. The third-order valence-corrected chi connectivity index (χ3v) is 4.39. The first-order valence-electron chi connectivity index (χ1n) is 8.56. The number of rotatable bonds is 6. The fourth-order valence-corrected chi connectivity index (χ4v) is 3.05. The van der Waals surface area contributed by atoms with Crippen molar-refractivity contribution in [3.63, 3.8) is 0 Å². The highest BCUT2D eigenvalue weighted by Gasteiger charge is 2.23. The lowest BCUT2D eigenvalue weighted by atomic mass is 10.1. The summed E-state index contributed by atoms with van der Waals surface area (Å²) in [5.74, 6) is 1.03. The number of hydrogen-bond acceptors (Lipinski definition) is 3. The second-order valence-corrected chi connectivity index (χ2v) is 6.60. The van der Waals surface area contributed by atoms with Crippen LogP contribution in [0.3, 0.4) is 0 Å². The smallest absolute Gasteiger partial charge is 0.225 e. The molecular formula is C19H25N3O2. The van der Waals surface area contributed by atoms with E-state index in [0.717, 1.165) is 36.5 Å². The van der Waals surface area contributed by atoms with Crippen LogP contribution in [0.1, 0.15) is 30.4 Å². The Morgan fingerprint density at radius 2 is 2.21 bits per heavy atom. The van der Waals surface area contributed by atoms with Gasteiger partial charge in [-0.25, -0.2) is 4.98 Å². The first kappa shape index (κ1) is 16.7. The lowest BCUT2D eigenvalue weighted by molar-refractivity contribution is -0.127. The molecule has 1 aliphatic heterocycles. The number of imidazole rings is 1. The van der Waals surface area contributed by atoms with Crippen LogP contribution in [0.2, 0.25) is 0 Å². The molecule has 0 spiro atoms. The van der Waals surface area contributed by atoms with Gasteiger partial charge in [0.05, 0.1) is 24.8 Å². The van der Waals surface area contributed by atoms with Gasteiger partial charge in [0.15, 0.2) is 0 Å². The summed E-state index contributed by atoms with van der Waals surface area (Å²) in [5, 5.41) is 3.15. The quantitative estimate of drug-likeness (QED) is 0.887. The summed E-state index contributed by atoms with van der Waals surface area (Å²) in [4.78, 5) is 16.9. The van der Waals surface area contributed by atoms with Gasteiger partial charge in [0, 0.05) is 25.2 Å². The molecule has 3 rings (SSSR count). The number of amides is 1. The highest BCUT2D eigenvalue weighted by atomic mass is 16.5. The Hall–Kier alpha value is -2.14. The van der Waals surface area contributed by atoms with Crippen LogP contribution in [0.25, 0.3) is 0 Å². The molecule has 1 amide bonds. The van der Waals surface area contributed by atoms with Crippen LogP contribution in [-0.4, -0.2) is 28.1 Å². The average Bonchev–Trinajstić information content (AvgIpc) is 2.95.